The van der Waals surface area contributed by atoms with Crippen LogP contribution in [-0.2, 0) is 25.7 Å². The molecule has 7 heteroatoms. The zero-order valence-corrected chi connectivity index (χ0v) is 25.7. The molecule has 4 aromatic carbocycles. The summed E-state index contributed by atoms with van der Waals surface area (Å²) in [7, 11) is 0. The van der Waals surface area contributed by atoms with Gasteiger partial charge in [-0.2, -0.15) is 0 Å². The summed E-state index contributed by atoms with van der Waals surface area (Å²) in [5, 5.41) is 6.37. The summed E-state index contributed by atoms with van der Waals surface area (Å²) in [6, 6.07) is 25.6. The molecule has 0 aliphatic carbocycles. The summed E-state index contributed by atoms with van der Waals surface area (Å²) in [5.74, 6) is 0.513. The van der Waals surface area contributed by atoms with Gasteiger partial charge < -0.3 is 21.4 Å². The van der Waals surface area contributed by atoms with Crippen LogP contribution in [0.5, 0.6) is 0 Å². The highest BCUT2D eigenvalue weighted by atomic mass is 79.9. The Morgan fingerprint density at radius 2 is 1.37 bits per heavy atom. The number of imidazole rings is 1. The number of benzene rings is 4. The molecule has 0 saturated heterocycles. The number of aromatic amines is 1. The fourth-order valence-electron chi connectivity index (χ4n) is 4.75. The Labute approximate surface area is 250 Å². The highest BCUT2D eigenvalue weighted by Crippen LogP contribution is 2.27. The Hall–Kier alpha value is -4.10. The van der Waals surface area contributed by atoms with E-state index in [0.717, 1.165) is 58.3 Å². The summed E-state index contributed by atoms with van der Waals surface area (Å²) < 4.78 is 0.968. The minimum Gasteiger partial charge on any atom is -0.398 e. The van der Waals surface area contributed by atoms with Crippen molar-refractivity contribution in [2.45, 2.75) is 53.4 Å². The molecule has 0 bridgehead atoms. The van der Waals surface area contributed by atoms with E-state index >= 15 is 0 Å². The number of amides is 1. The molecular weight excluding hydrogens is 574 g/mol. The molecule has 6 nitrogen and oxygen atoms in total. The quantitative estimate of drug-likeness (QED) is 0.132. The fraction of sp³-hybridized carbons (Fsp3) is 0.235. The van der Waals surface area contributed by atoms with Gasteiger partial charge in [-0.15, -0.1) is 0 Å². The maximum atomic E-state index is 12.6. The van der Waals surface area contributed by atoms with E-state index in [1.54, 1.807) is 6.07 Å². The Morgan fingerprint density at radius 3 is 1.93 bits per heavy atom. The van der Waals surface area contributed by atoms with Gasteiger partial charge in [-0.25, -0.2) is 4.98 Å². The number of aryl methyl sites for hydroxylation is 4. The van der Waals surface area contributed by atoms with E-state index in [4.69, 9.17) is 5.73 Å². The molecule has 41 heavy (non-hydrogen) atoms. The van der Waals surface area contributed by atoms with Gasteiger partial charge in [0.2, 0.25) is 5.95 Å². The van der Waals surface area contributed by atoms with Gasteiger partial charge in [-0.1, -0.05) is 80.0 Å². The van der Waals surface area contributed by atoms with E-state index in [-0.39, 0.29) is 5.91 Å². The lowest BCUT2D eigenvalue weighted by Gasteiger charge is -2.13. The van der Waals surface area contributed by atoms with Gasteiger partial charge in [0.05, 0.1) is 11.0 Å². The normalized spacial score (nSPS) is 10.7. The molecule has 5 aromatic rings. The molecule has 0 radical (unpaired) electrons. The number of nitrogens with one attached hydrogen (secondary N) is 3. The highest BCUT2D eigenvalue weighted by molar-refractivity contribution is 9.10. The third kappa shape index (κ3) is 7.35. The van der Waals surface area contributed by atoms with E-state index in [1.165, 1.54) is 22.3 Å². The van der Waals surface area contributed by atoms with Gasteiger partial charge in [0, 0.05) is 27.1 Å². The third-order valence-corrected chi connectivity index (χ3v) is 7.67. The average Bonchev–Trinajstić information content (AvgIpc) is 3.40. The molecule has 0 saturated carbocycles. The lowest BCUT2D eigenvalue weighted by Crippen LogP contribution is -2.11. The van der Waals surface area contributed by atoms with Crippen LogP contribution in [0.1, 0.15) is 60.3 Å². The number of halogens is 1. The second-order valence-corrected chi connectivity index (χ2v) is 10.7. The van der Waals surface area contributed by atoms with E-state index in [0.29, 0.717) is 11.5 Å². The number of rotatable bonds is 8. The van der Waals surface area contributed by atoms with Gasteiger partial charge in [0.15, 0.2) is 0 Å². The topological polar surface area (TPSA) is 95.8 Å². The minimum atomic E-state index is -0.159. The molecule has 0 fully saturated rings. The monoisotopic (exact) mass is 611 g/mol. The van der Waals surface area contributed by atoms with Crippen molar-refractivity contribution < 1.29 is 4.79 Å². The van der Waals surface area contributed by atoms with Crippen LogP contribution < -0.4 is 16.4 Å². The second-order valence-electron chi connectivity index (χ2n) is 9.76. The molecular formula is C34H38BrN5O. The van der Waals surface area contributed by atoms with Gasteiger partial charge in [-0.05, 0) is 90.4 Å². The van der Waals surface area contributed by atoms with Crippen molar-refractivity contribution in [3.63, 3.8) is 0 Å². The summed E-state index contributed by atoms with van der Waals surface area (Å²) in [5.41, 5.74) is 16.0. The van der Waals surface area contributed by atoms with Crippen LogP contribution in [0.3, 0.4) is 0 Å². The number of anilines is 4. The van der Waals surface area contributed by atoms with Gasteiger partial charge in [-0.3, -0.25) is 4.79 Å². The number of nitrogen functional groups attached to an aromatic ring is 1. The van der Waals surface area contributed by atoms with E-state index in [1.807, 2.05) is 36.4 Å². The maximum absolute atomic E-state index is 12.6. The zero-order chi connectivity index (χ0) is 29.4. The van der Waals surface area contributed by atoms with E-state index < -0.39 is 0 Å². The van der Waals surface area contributed by atoms with Crippen molar-refractivity contribution in [2.24, 2.45) is 0 Å². The van der Waals surface area contributed by atoms with Crippen LogP contribution in [-0.4, -0.2) is 15.9 Å². The largest absolute Gasteiger partial charge is 0.398 e. The van der Waals surface area contributed by atoms with Gasteiger partial charge >= 0.3 is 0 Å². The van der Waals surface area contributed by atoms with Gasteiger partial charge in [0.1, 0.15) is 0 Å². The number of hydrogen-bond donors (Lipinski definition) is 4. The second kappa shape index (κ2) is 14.0. The zero-order valence-electron chi connectivity index (χ0n) is 24.1. The number of hydrogen-bond acceptors (Lipinski definition) is 4. The molecule has 1 aromatic heterocycles. The van der Waals surface area contributed by atoms with Crippen LogP contribution in [0.4, 0.5) is 23.0 Å². The molecule has 0 aliphatic heterocycles. The molecule has 1 amide bonds. The van der Waals surface area contributed by atoms with Crippen LogP contribution in [0.15, 0.2) is 83.3 Å². The number of carbonyl (C=O) groups excluding carboxylic acids is 1. The first-order valence-corrected chi connectivity index (χ1v) is 15.0. The van der Waals surface area contributed by atoms with Crippen molar-refractivity contribution in [1.82, 2.24) is 9.97 Å². The number of nitrogens with zero attached hydrogens (tertiary/aromatic N) is 1. The molecule has 5 N–H and O–H groups in total. The van der Waals surface area contributed by atoms with E-state index in [2.05, 4.69) is 101 Å². The fourth-order valence-corrected chi connectivity index (χ4v) is 5.02. The third-order valence-electron chi connectivity index (χ3n) is 7.14. The summed E-state index contributed by atoms with van der Waals surface area (Å²) in [6.07, 6.45) is 3.94. The summed E-state index contributed by atoms with van der Waals surface area (Å²) in [4.78, 5) is 20.6. The first-order valence-electron chi connectivity index (χ1n) is 14.2. The average molecular weight is 613 g/mol. The van der Waals surface area contributed by atoms with Crippen molar-refractivity contribution in [3.05, 3.63) is 111 Å². The molecule has 0 spiro atoms. The van der Waals surface area contributed by atoms with Crippen LogP contribution in [0, 0.1) is 0 Å². The first-order chi connectivity index (χ1) is 19.9. The summed E-state index contributed by atoms with van der Waals surface area (Å²) in [6.45, 7) is 8.56. The minimum absolute atomic E-state index is 0.159. The summed E-state index contributed by atoms with van der Waals surface area (Å²) >= 11 is 3.40. The van der Waals surface area contributed by atoms with Crippen molar-refractivity contribution in [2.75, 3.05) is 16.4 Å². The van der Waals surface area contributed by atoms with Crippen LogP contribution in [0.25, 0.3) is 11.0 Å². The molecule has 0 unspecified atom stereocenters. The Balaban J connectivity index is 0.000000296. The predicted octanol–water partition coefficient (Wildman–Crippen LogP) is 8.84. The lowest BCUT2D eigenvalue weighted by atomic mass is 10.0. The highest BCUT2D eigenvalue weighted by Gasteiger charge is 2.12. The maximum Gasteiger partial charge on any atom is 0.255 e. The Bertz CT molecular complexity index is 1580. The standard InChI is InChI=1S/C24H23BrN4O.C10H15N/c1-3-15-6-5-7-16(4-2)22(15)29-24-27-20-13-8-17(14-21(20)28-24)23(30)26-19-11-9-18(25)10-12-19;1-3-8-6-5-7-9(4-2)10(8)11/h5-14H,3-4H2,1-2H3,(H,26,30)(H2,27,28,29);5-7H,3-4,11H2,1-2H3. The van der Waals surface area contributed by atoms with Crippen LogP contribution in [0.2, 0.25) is 0 Å². The van der Waals surface area contributed by atoms with Crippen molar-refractivity contribution >= 4 is 55.9 Å². The number of fused-ring (bicyclic) bond motifs is 1. The Kier molecular flexibility index (Phi) is 10.2. The molecule has 5 rings (SSSR count). The first kappa shape index (κ1) is 29.9. The SMILES string of the molecule is CCc1cccc(CC)c1N.CCc1cccc(CC)c1Nc1nc2ccc(C(=O)Nc3ccc(Br)cc3)cc2[nH]1. The molecule has 212 valence electrons. The Morgan fingerprint density at radius 1 is 0.805 bits per heavy atom. The number of nitrogens with two attached hydrogens (primary N) is 1. The predicted molar refractivity (Wildman–Crippen MR) is 176 cm³/mol. The number of carbonyl (C=O) groups is 1. The smallest absolute Gasteiger partial charge is 0.255 e. The number of para-hydroxylation sites is 2. The van der Waals surface area contributed by atoms with Crippen molar-refractivity contribution in [1.29, 1.82) is 0 Å². The number of H-pyrrole nitrogens is 1. The van der Waals surface area contributed by atoms with Crippen molar-refractivity contribution in [3.8, 4) is 0 Å². The van der Waals surface area contributed by atoms with Crippen LogP contribution >= 0.6 is 15.9 Å². The lowest BCUT2D eigenvalue weighted by molar-refractivity contribution is 0.102. The molecule has 0 aliphatic rings. The van der Waals surface area contributed by atoms with Gasteiger partial charge in [0.25, 0.3) is 5.91 Å². The number of aromatic nitrogens is 2. The molecule has 0 atom stereocenters. The van der Waals surface area contributed by atoms with E-state index in [9.17, 15) is 4.79 Å². The molecule has 1 heterocycles.